The molecule has 120 valence electrons. The van der Waals surface area contributed by atoms with Crippen LogP contribution in [-0.4, -0.2) is 18.4 Å². The number of H-pyrrole nitrogens is 1. The van der Waals surface area contributed by atoms with Crippen LogP contribution in [-0.2, 0) is 6.42 Å². The second-order valence-electron chi connectivity index (χ2n) is 5.46. The van der Waals surface area contributed by atoms with Crippen molar-refractivity contribution in [3.63, 3.8) is 0 Å². The molecule has 0 bridgehead atoms. The summed E-state index contributed by atoms with van der Waals surface area (Å²) in [7, 11) is -1.81. The number of nitrogens with one attached hydrogen (secondary N) is 1. The lowest BCUT2D eigenvalue weighted by atomic mass is 10.1. The molecule has 2 aromatic rings. The predicted molar refractivity (Wildman–Crippen MR) is 93.7 cm³/mol. The molecule has 0 unspecified atom stereocenters. The highest BCUT2D eigenvalue weighted by Gasteiger charge is 2.32. The molecule has 2 N–H and O–H groups in total. The highest BCUT2D eigenvalue weighted by Crippen LogP contribution is 2.29. The number of thiazole rings is 1. The van der Waals surface area contributed by atoms with E-state index in [0.29, 0.717) is 12.3 Å². The number of benzene rings is 1. The molecule has 0 atom stereocenters. The summed E-state index contributed by atoms with van der Waals surface area (Å²) in [5, 5.41) is 9.36. The Kier molecular flexibility index (Phi) is 5.47. The largest absolute Gasteiger partial charge is 0.531 e. The fraction of sp³-hybridized carbons (Fsp3) is 0.438. The molecule has 1 aromatic carbocycles. The smallest absolute Gasteiger partial charge is 0.307 e. The summed E-state index contributed by atoms with van der Waals surface area (Å²) in [6.07, 6.45) is 0.640. The van der Waals surface area contributed by atoms with E-state index in [-0.39, 0.29) is 10.6 Å². The van der Waals surface area contributed by atoms with Gasteiger partial charge in [-0.3, -0.25) is 9.78 Å². The first kappa shape index (κ1) is 16.8. The second-order valence-corrected chi connectivity index (χ2v) is 11.2. The van der Waals surface area contributed by atoms with Gasteiger partial charge < -0.3 is 9.53 Å². The molecule has 2 rings (SSSR count). The van der Waals surface area contributed by atoms with Gasteiger partial charge in [0, 0.05) is 6.42 Å². The summed E-state index contributed by atoms with van der Waals surface area (Å²) in [4.78, 5) is 15.5. The Morgan fingerprint density at radius 3 is 2.27 bits per heavy atom. The van der Waals surface area contributed by atoms with Crippen molar-refractivity contribution < 1.29 is 9.53 Å². The number of hydrogen-bond donors (Lipinski definition) is 2. The molecule has 0 aliphatic heterocycles. The van der Waals surface area contributed by atoms with Crippen LogP contribution in [0.4, 0.5) is 0 Å². The lowest BCUT2D eigenvalue weighted by Gasteiger charge is -2.28. The Bertz CT molecular complexity index is 651. The molecule has 0 spiro atoms. The Hall–Kier alpha value is -1.53. The Labute approximate surface area is 135 Å². The van der Waals surface area contributed by atoms with Crippen LogP contribution in [0.5, 0.6) is 11.6 Å². The van der Waals surface area contributed by atoms with Gasteiger partial charge in [0.2, 0.25) is 0 Å². The Morgan fingerprint density at radius 1 is 1.14 bits per heavy atom. The average Bonchev–Trinajstić information content (AvgIpc) is 2.86. The van der Waals surface area contributed by atoms with Gasteiger partial charge in [-0.15, -0.1) is 0 Å². The number of hydrogen-bond acceptors (Lipinski definition) is 4. The van der Waals surface area contributed by atoms with Crippen molar-refractivity contribution in [3.05, 3.63) is 44.4 Å². The normalized spacial score (nSPS) is 11.6. The first-order valence-corrected chi connectivity index (χ1v) is 11.1. The van der Waals surface area contributed by atoms with Crippen LogP contribution in [0.1, 0.15) is 31.2 Å². The lowest BCUT2D eigenvalue weighted by Crippen LogP contribution is -2.39. The predicted octanol–water partition coefficient (Wildman–Crippen LogP) is 4.12. The summed E-state index contributed by atoms with van der Waals surface area (Å²) in [5.41, 5.74) is 1.05. The van der Waals surface area contributed by atoms with Crippen molar-refractivity contribution in [3.8, 4) is 11.6 Å². The van der Waals surface area contributed by atoms with Gasteiger partial charge in [-0.2, -0.15) is 0 Å². The molecule has 0 fully saturated rings. The van der Waals surface area contributed by atoms with E-state index >= 15 is 0 Å². The average molecular weight is 338 g/mol. The van der Waals surface area contributed by atoms with Crippen molar-refractivity contribution >= 4 is 19.7 Å². The standard InChI is InChI=1S/C16H23NO3SSi/c1-4-22(5-2,6-3)20-15-14(21-16(19)17-15)11-12-7-9-13(18)10-8-12/h7-10,18H,4-6,11H2,1-3H3,(H,17,19). The van der Waals surface area contributed by atoms with Gasteiger partial charge in [-0.05, 0) is 35.8 Å². The van der Waals surface area contributed by atoms with Crippen molar-refractivity contribution in [1.82, 2.24) is 4.98 Å². The summed E-state index contributed by atoms with van der Waals surface area (Å²) in [6, 6.07) is 10.2. The molecule has 1 aromatic heterocycles. The van der Waals surface area contributed by atoms with E-state index in [2.05, 4.69) is 25.8 Å². The minimum absolute atomic E-state index is 0.0741. The molecular formula is C16H23NO3SSi. The van der Waals surface area contributed by atoms with Crippen molar-refractivity contribution in [2.24, 2.45) is 0 Å². The third-order valence-electron chi connectivity index (χ3n) is 4.24. The van der Waals surface area contributed by atoms with Crippen LogP contribution in [0.15, 0.2) is 29.1 Å². The summed E-state index contributed by atoms with van der Waals surface area (Å²) in [6.45, 7) is 6.51. The number of aromatic hydroxyl groups is 1. The molecule has 0 radical (unpaired) electrons. The van der Waals surface area contributed by atoms with Gasteiger partial charge in [0.1, 0.15) is 5.75 Å². The van der Waals surface area contributed by atoms with Gasteiger partial charge in [-0.25, -0.2) is 0 Å². The molecule has 0 amide bonds. The number of phenolic OH excluding ortho intramolecular Hbond substituents is 1. The second kappa shape index (κ2) is 7.15. The molecule has 0 saturated heterocycles. The van der Waals surface area contributed by atoms with E-state index in [1.54, 1.807) is 12.1 Å². The van der Waals surface area contributed by atoms with Crippen LogP contribution >= 0.6 is 11.3 Å². The number of aromatic nitrogens is 1. The minimum Gasteiger partial charge on any atom is -0.531 e. The molecular weight excluding hydrogens is 314 g/mol. The molecule has 1 heterocycles. The van der Waals surface area contributed by atoms with E-state index in [4.69, 9.17) is 4.43 Å². The maximum absolute atomic E-state index is 11.8. The first-order valence-electron chi connectivity index (χ1n) is 7.70. The van der Waals surface area contributed by atoms with Crippen molar-refractivity contribution in [2.45, 2.75) is 45.3 Å². The summed E-state index contributed by atoms with van der Waals surface area (Å²) in [5.74, 6) is 0.900. The molecule has 22 heavy (non-hydrogen) atoms. The molecule has 6 heteroatoms. The van der Waals surface area contributed by atoms with Gasteiger partial charge >= 0.3 is 4.87 Å². The third-order valence-corrected chi connectivity index (χ3v) is 9.60. The Morgan fingerprint density at radius 2 is 1.73 bits per heavy atom. The van der Waals surface area contributed by atoms with Gasteiger partial charge in [0.25, 0.3) is 8.32 Å². The molecule has 0 aliphatic carbocycles. The Balaban J connectivity index is 2.26. The topological polar surface area (TPSA) is 62.3 Å². The van der Waals surface area contributed by atoms with E-state index in [9.17, 15) is 9.90 Å². The minimum atomic E-state index is -1.81. The SMILES string of the molecule is CC[Si](CC)(CC)Oc1[nH]c(=O)sc1Cc1ccc(O)cc1. The zero-order chi connectivity index (χ0) is 16.2. The van der Waals surface area contributed by atoms with E-state index in [1.165, 1.54) is 11.3 Å². The maximum atomic E-state index is 11.8. The summed E-state index contributed by atoms with van der Waals surface area (Å²) < 4.78 is 6.34. The maximum Gasteiger partial charge on any atom is 0.307 e. The van der Waals surface area contributed by atoms with Crippen LogP contribution in [0.3, 0.4) is 0 Å². The van der Waals surface area contributed by atoms with Gasteiger partial charge in [-0.1, -0.05) is 44.2 Å². The van der Waals surface area contributed by atoms with Gasteiger partial charge in [0.05, 0.1) is 4.88 Å². The van der Waals surface area contributed by atoms with E-state index < -0.39 is 8.32 Å². The number of rotatable bonds is 7. The van der Waals surface area contributed by atoms with Crippen LogP contribution in [0.25, 0.3) is 0 Å². The van der Waals surface area contributed by atoms with E-state index in [1.807, 2.05) is 12.1 Å². The molecule has 4 nitrogen and oxygen atoms in total. The first-order chi connectivity index (χ1) is 10.5. The molecule has 0 saturated carbocycles. The quantitative estimate of drug-likeness (QED) is 0.747. The zero-order valence-corrected chi connectivity index (χ0v) is 15.1. The molecule has 0 aliphatic rings. The summed E-state index contributed by atoms with van der Waals surface area (Å²) >= 11 is 1.21. The van der Waals surface area contributed by atoms with Crippen LogP contribution < -0.4 is 9.30 Å². The number of phenols is 1. The fourth-order valence-corrected chi connectivity index (χ4v) is 5.93. The fourth-order valence-electron chi connectivity index (χ4n) is 2.53. The van der Waals surface area contributed by atoms with Crippen molar-refractivity contribution in [2.75, 3.05) is 0 Å². The van der Waals surface area contributed by atoms with Gasteiger partial charge in [0.15, 0.2) is 5.88 Å². The third kappa shape index (κ3) is 3.81. The zero-order valence-electron chi connectivity index (χ0n) is 13.3. The van der Waals surface area contributed by atoms with Crippen LogP contribution in [0, 0.1) is 0 Å². The number of aromatic amines is 1. The monoisotopic (exact) mass is 337 g/mol. The van der Waals surface area contributed by atoms with Crippen LogP contribution in [0.2, 0.25) is 18.1 Å². The van der Waals surface area contributed by atoms with Crippen molar-refractivity contribution in [1.29, 1.82) is 0 Å². The van der Waals surface area contributed by atoms with E-state index in [0.717, 1.165) is 28.6 Å². The highest BCUT2D eigenvalue weighted by atomic mass is 32.1. The highest BCUT2D eigenvalue weighted by molar-refractivity contribution is 7.09. The lowest BCUT2D eigenvalue weighted by molar-refractivity contribution is 0.475.